The predicted molar refractivity (Wildman–Crippen MR) is 111 cm³/mol. The van der Waals surface area contributed by atoms with Gasteiger partial charge in [-0.1, -0.05) is 18.2 Å². The summed E-state index contributed by atoms with van der Waals surface area (Å²) >= 11 is 0. The van der Waals surface area contributed by atoms with E-state index in [9.17, 15) is 0 Å². The maximum Gasteiger partial charge on any atom is 0.193 e. The van der Waals surface area contributed by atoms with Crippen LogP contribution in [0.25, 0.3) is 0 Å². The Bertz CT molecular complexity index is 811. The van der Waals surface area contributed by atoms with Crippen molar-refractivity contribution in [1.29, 1.82) is 0 Å². The van der Waals surface area contributed by atoms with Gasteiger partial charge in [0.25, 0.3) is 0 Å². The number of ether oxygens (including phenoxy) is 2. The predicted octanol–water partition coefficient (Wildman–Crippen LogP) is 4.10. The fraction of sp³-hybridized carbons (Fsp3) is 0.409. The number of nitrogens with zero attached hydrogens (tertiary/aromatic N) is 1. The van der Waals surface area contributed by atoms with Crippen molar-refractivity contribution in [2.24, 2.45) is 10.7 Å². The minimum atomic E-state index is 0.193. The van der Waals surface area contributed by atoms with E-state index in [1.165, 1.54) is 11.1 Å². The van der Waals surface area contributed by atoms with Crippen molar-refractivity contribution in [3.8, 4) is 5.75 Å². The van der Waals surface area contributed by atoms with E-state index in [0.29, 0.717) is 19.1 Å². The number of nitrogens with one attached hydrogen (secondary N) is 1. The molecule has 3 N–H and O–H groups in total. The molecule has 2 aromatic carbocycles. The molecule has 1 unspecified atom stereocenters. The lowest BCUT2D eigenvalue weighted by atomic mass is 10.1. The van der Waals surface area contributed by atoms with Gasteiger partial charge in [-0.25, -0.2) is 4.99 Å². The minimum absolute atomic E-state index is 0.193. The number of aliphatic imine (C=N–C) groups is 1. The van der Waals surface area contributed by atoms with E-state index in [-0.39, 0.29) is 6.10 Å². The summed E-state index contributed by atoms with van der Waals surface area (Å²) in [6, 6.07) is 12.3. The van der Waals surface area contributed by atoms with Crippen LogP contribution in [0.3, 0.4) is 0 Å². The van der Waals surface area contributed by atoms with Crippen LogP contribution in [0.15, 0.2) is 41.4 Å². The zero-order valence-corrected chi connectivity index (χ0v) is 16.4. The maximum absolute atomic E-state index is 6.07. The van der Waals surface area contributed by atoms with Crippen LogP contribution in [0, 0.1) is 20.8 Å². The molecule has 0 amide bonds. The molecule has 5 nitrogen and oxygen atoms in total. The lowest BCUT2D eigenvalue weighted by Gasteiger charge is -2.15. The second-order valence-electron chi connectivity index (χ2n) is 7.18. The van der Waals surface area contributed by atoms with E-state index in [1.54, 1.807) is 0 Å². The molecule has 0 aliphatic carbocycles. The first-order valence-electron chi connectivity index (χ1n) is 9.49. The number of hydrogen-bond acceptors (Lipinski definition) is 3. The molecule has 5 heteroatoms. The van der Waals surface area contributed by atoms with Gasteiger partial charge in [-0.3, -0.25) is 0 Å². The second kappa shape index (κ2) is 8.91. The Kier molecular flexibility index (Phi) is 6.35. The summed E-state index contributed by atoms with van der Waals surface area (Å²) in [7, 11) is 0. The van der Waals surface area contributed by atoms with Gasteiger partial charge >= 0.3 is 0 Å². The third kappa shape index (κ3) is 5.47. The van der Waals surface area contributed by atoms with Crippen molar-refractivity contribution in [3.63, 3.8) is 0 Å². The number of nitrogens with two attached hydrogens (primary N) is 1. The minimum Gasteiger partial charge on any atom is -0.491 e. The van der Waals surface area contributed by atoms with Crippen molar-refractivity contribution in [2.45, 2.75) is 46.3 Å². The van der Waals surface area contributed by atoms with Crippen LogP contribution in [-0.4, -0.2) is 25.3 Å². The molecule has 1 heterocycles. The Balaban J connectivity index is 1.64. The van der Waals surface area contributed by atoms with E-state index in [0.717, 1.165) is 42.0 Å². The van der Waals surface area contributed by atoms with E-state index < -0.39 is 0 Å². The normalized spacial score (nSPS) is 17.1. The average molecular weight is 367 g/mol. The SMILES string of the molecule is Cc1ccc(CN=C(N)Nc2ccc(C)c(C)c2)c(OCC2CCCO2)c1. The highest BCUT2D eigenvalue weighted by Crippen LogP contribution is 2.23. The number of aryl methyl sites for hydroxylation is 3. The van der Waals surface area contributed by atoms with Crippen LogP contribution >= 0.6 is 0 Å². The van der Waals surface area contributed by atoms with Crippen molar-refractivity contribution < 1.29 is 9.47 Å². The van der Waals surface area contributed by atoms with E-state index in [2.05, 4.69) is 49.3 Å². The summed E-state index contributed by atoms with van der Waals surface area (Å²) in [5, 5.41) is 3.15. The van der Waals surface area contributed by atoms with E-state index in [1.807, 2.05) is 18.2 Å². The van der Waals surface area contributed by atoms with Crippen LogP contribution in [0.2, 0.25) is 0 Å². The summed E-state index contributed by atoms with van der Waals surface area (Å²) in [4.78, 5) is 4.48. The Hall–Kier alpha value is -2.53. The molecule has 1 saturated heterocycles. The highest BCUT2D eigenvalue weighted by Gasteiger charge is 2.16. The fourth-order valence-electron chi connectivity index (χ4n) is 3.06. The molecular formula is C22H29N3O2. The number of benzene rings is 2. The monoisotopic (exact) mass is 367 g/mol. The fourth-order valence-corrected chi connectivity index (χ4v) is 3.06. The topological polar surface area (TPSA) is 68.9 Å². The highest BCUT2D eigenvalue weighted by molar-refractivity contribution is 5.92. The standard InChI is InChI=1S/C22H29N3O2/c1-15-6-8-18(21(11-15)27-14-20-5-4-10-26-20)13-24-22(23)25-19-9-7-16(2)17(3)12-19/h6-9,11-12,20H,4-5,10,13-14H2,1-3H3,(H3,23,24,25). The molecule has 0 saturated carbocycles. The lowest BCUT2D eigenvalue weighted by Crippen LogP contribution is -2.22. The zero-order valence-electron chi connectivity index (χ0n) is 16.4. The second-order valence-corrected chi connectivity index (χ2v) is 7.18. The van der Waals surface area contributed by atoms with Gasteiger partial charge in [-0.05, 0) is 68.5 Å². The number of hydrogen-bond donors (Lipinski definition) is 2. The molecule has 0 radical (unpaired) electrons. The molecule has 0 spiro atoms. The number of anilines is 1. The molecule has 27 heavy (non-hydrogen) atoms. The summed E-state index contributed by atoms with van der Waals surface area (Å²) in [5.74, 6) is 1.25. The summed E-state index contributed by atoms with van der Waals surface area (Å²) in [6.07, 6.45) is 2.37. The summed E-state index contributed by atoms with van der Waals surface area (Å²) in [5.41, 5.74) is 11.7. The quantitative estimate of drug-likeness (QED) is 0.596. The first kappa shape index (κ1) is 19.2. The van der Waals surface area contributed by atoms with E-state index in [4.69, 9.17) is 15.2 Å². The Morgan fingerprint density at radius 1 is 1.19 bits per heavy atom. The largest absolute Gasteiger partial charge is 0.491 e. The molecule has 1 atom stereocenters. The highest BCUT2D eigenvalue weighted by atomic mass is 16.5. The smallest absolute Gasteiger partial charge is 0.193 e. The molecule has 1 aliphatic rings. The molecular weight excluding hydrogens is 338 g/mol. The van der Waals surface area contributed by atoms with Gasteiger partial charge in [0.1, 0.15) is 12.4 Å². The van der Waals surface area contributed by atoms with Crippen LogP contribution in [0.4, 0.5) is 5.69 Å². The molecule has 144 valence electrons. The Morgan fingerprint density at radius 2 is 2.04 bits per heavy atom. The van der Waals surface area contributed by atoms with Gasteiger partial charge in [-0.15, -0.1) is 0 Å². The summed E-state index contributed by atoms with van der Waals surface area (Å²) in [6.45, 7) is 8.10. The molecule has 0 bridgehead atoms. The molecule has 0 aromatic heterocycles. The van der Waals surface area contributed by atoms with Gasteiger partial charge in [0, 0.05) is 17.9 Å². The van der Waals surface area contributed by atoms with Gasteiger partial charge in [0.2, 0.25) is 0 Å². The molecule has 2 aromatic rings. The first-order chi connectivity index (χ1) is 13.0. The van der Waals surface area contributed by atoms with Gasteiger partial charge < -0.3 is 20.5 Å². The van der Waals surface area contributed by atoms with Crippen LogP contribution in [-0.2, 0) is 11.3 Å². The van der Waals surface area contributed by atoms with Gasteiger partial charge in [-0.2, -0.15) is 0 Å². The van der Waals surface area contributed by atoms with Gasteiger partial charge in [0.05, 0.1) is 12.6 Å². The van der Waals surface area contributed by atoms with Crippen LogP contribution in [0.1, 0.15) is 35.1 Å². The van der Waals surface area contributed by atoms with Crippen molar-refractivity contribution in [3.05, 3.63) is 58.7 Å². The molecule has 1 aliphatic heterocycles. The number of guanidine groups is 1. The van der Waals surface area contributed by atoms with Crippen molar-refractivity contribution in [1.82, 2.24) is 0 Å². The van der Waals surface area contributed by atoms with Crippen LogP contribution < -0.4 is 15.8 Å². The third-order valence-corrected chi connectivity index (χ3v) is 4.87. The van der Waals surface area contributed by atoms with Crippen molar-refractivity contribution in [2.75, 3.05) is 18.5 Å². The maximum atomic E-state index is 6.07. The number of rotatable bonds is 6. The third-order valence-electron chi connectivity index (χ3n) is 4.87. The van der Waals surface area contributed by atoms with Crippen molar-refractivity contribution >= 4 is 11.6 Å². The zero-order chi connectivity index (χ0) is 19.2. The summed E-state index contributed by atoms with van der Waals surface area (Å²) < 4.78 is 11.7. The first-order valence-corrected chi connectivity index (χ1v) is 9.49. The average Bonchev–Trinajstić information content (AvgIpc) is 3.16. The van der Waals surface area contributed by atoms with Crippen LogP contribution in [0.5, 0.6) is 5.75 Å². The molecule has 3 rings (SSSR count). The molecule has 1 fully saturated rings. The van der Waals surface area contributed by atoms with Gasteiger partial charge in [0.15, 0.2) is 5.96 Å². The van der Waals surface area contributed by atoms with E-state index >= 15 is 0 Å². The Morgan fingerprint density at radius 3 is 2.78 bits per heavy atom. The Labute approximate surface area is 161 Å². The lowest BCUT2D eigenvalue weighted by molar-refractivity contribution is 0.0676.